The van der Waals surface area contributed by atoms with Crippen molar-refractivity contribution in [3.05, 3.63) is 83.0 Å². The molecule has 170 valence electrons. The first kappa shape index (κ1) is 22.6. The maximum absolute atomic E-state index is 13.6. The van der Waals surface area contributed by atoms with E-state index in [0.29, 0.717) is 11.1 Å². The number of fused-ring (bicyclic) bond motifs is 1. The number of nitrogens with one attached hydrogen (secondary N) is 2. The summed E-state index contributed by atoms with van der Waals surface area (Å²) in [5, 5.41) is 20.6. The fraction of sp³-hybridized carbons (Fsp3) is 0.370. The summed E-state index contributed by atoms with van der Waals surface area (Å²) in [6, 6.07) is 20.1. The van der Waals surface area contributed by atoms with E-state index < -0.39 is 5.54 Å². The lowest BCUT2D eigenvalue weighted by Crippen LogP contribution is -2.45. The molecule has 33 heavy (non-hydrogen) atoms. The van der Waals surface area contributed by atoms with Crippen LogP contribution < -0.4 is 10.6 Å². The number of benzene rings is 2. The van der Waals surface area contributed by atoms with E-state index in [1.807, 2.05) is 35.0 Å². The first-order valence-electron chi connectivity index (χ1n) is 11.6. The van der Waals surface area contributed by atoms with E-state index in [-0.39, 0.29) is 17.5 Å². The Balaban J connectivity index is 1.67. The molecule has 2 N–H and O–H groups in total. The highest BCUT2D eigenvalue weighted by Crippen LogP contribution is 2.40. The maximum Gasteiger partial charge on any atom is 0.257 e. The molecule has 1 aromatic heterocycles. The SMILES string of the molecule is CCC(CC)(NC(=O)c1cnn2c1NC(c1ccccc1)CC2(C)C)c1ccc(C#N)cc1. The van der Waals surface area contributed by atoms with E-state index in [9.17, 15) is 4.79 Å². The smallest absolute Gasteiger partial charge is 0.257 e. The van der Waals surface area contributed by atoms with Crippen molar-refractivity contribution >= 4 is 11.7 Å². The van der Waals surface area contributed by atoms with Gasteiger partial charge in [-0.05, 0) is 56.4 Å². The lowest BCUT2D eigenvalue weighted by atomic mass is 9.84. The van der Waals surface area contributed by atoms with E-state index in [1.54, 1.807) is 18.3 Å². The van der Waals surface area contributed by atoms with Crippen LogP contribution in [0.5, 0.6) is 0 Å². The zero-order valence-corrected chi connectivity index (χ0v) is 19.7. The normalized spacial score (nSPS) is 16.9. The Labute approximate surface area is 195 Å². The molecule has 6 nitrogen and oxygen atoms in total. The number of rotatable bonds is 6. The molecule has 1 unspecified atom stereocenters. The van der Waals surface area contributed by atoms with Crippen LogP contribution in [-0.4, -0.2) is 15.7 Å². The molecule has 0 fully saturated rings. The molecule has 6 heteroatoms. The van der Waals surface area contributed by atoms with Gasteiger partial charge in [0.25, 0.3) is 5.91 Å². The monoisotopic (exact) mass is 441 g/mol. The van der Waals surface area contributed by atoms with Crippen LogP contribution in [-0.2, 0) is 11.1 Å². The Kier molecular flexibility index (Phi) is 5.99. The molecule has 4 rings (SSSR count). The van der Waals surface area contributed by atoms with Crippen molar-refractivity contribution in [2.24, 2.45) is 0 Å². The number of amides is 1. The van der Waals surface area contributed by atoms with E-state index in [0.717, 1.165) is 30.6 Å². The number of anilines is 1. The molecule has 3 aromatic rings. The van der Waals surface area contributed by atoms with Gasteiger partial charge in [-0.3, -0.25) is 4.79 Å². The van der Waals surface area contributed by atoms with Crippen LogP contribution in [0.25, 0.3) is 0 Å². The minimum atomic E-state index is -0.525. The van der Waals surface area contributed by atoms with Gasteiger partial charge in [0, 0.05) is 0 Å². The predicted octanol–water partition coefficient (Wildman–Crippen LogP) is 5.49. The van der Waals surface area contributed by atoms with Crippen LogP contribution in [0.3, 0.4) is 0 Å². The number of carbonyl (C=O) groups excluding carboxylic acids is 1. The summed E-state index contributed by atoms with van der Waals surface area (Å²) in [6.45, 7) is 8.45. The Morgan fingerprint density at radius 1 is 1.18 bits per heavy atom. The summed E-state index contributed by atoms with van der Waals surface area (Å²) in [5.74, 6) is 0.597. The van der Waals surface area contributed by atoms with Crippen molar-refractivity contribution in [1.82, 2.24) is 15.1 Å². The summed E-state index contributed by atoms with van der Waals surface area (Å²) in [6.07, 6.45) is 4.00. The second kappa shape index (κ2) is 8.74. The van der Waals surface area contributed by atoms with E-state index in [2.05, 4.69) is 61.6 Å². The Morgan fingerprint density at radius 2 is 1.85 bits per heavy atom. The average Bonchev–Trinajstić information content (AvgIpc) is 3.28. The number of nitrogens with zero attached hydrogens (tertiary/aromatic N) is 3. The van der Waals surface area contributed by atoms with Gasteiger partial charge in [0.2, 0.25) is 0 Å². The van der Waals surface area contributed by atoms with Crippen LogP contribution in [0.1, 0.15) is 80.0 Å². The van der Waals surface area contributed by atoms with Gasteiger partial charge in [0.15, 0.2) is 0 Å². The molecule has 0 saturated carbocycles. The van der Waals surface area contributed by atoms with Gasteiger partial charge >= 0.3 is 0 Å². The molecule has 0 spiro atoms. The highest BCUT2D eigenvalue weighted by Gasteiger charge is 2.38. The molecular formula is C27H31N5O. The molecule has 1 aliphatic heterocycles. The standard InChI is InChI=1S/C27H31N5O/c1-5-27(6-2,21-14-12-19(17-28)13-15-21)31-25(33)22-18-29-32-24(22)30-23(16-26(32,3)4)20-10-8-7-9-11-20/h7-15,18,23,30H,5-6,16H2,1-4H3,(H,31,33). The average molecular weight is 442 g/mol. The Hall–Kier alpha value is -3.59. The van der Waals surface area contributed by atoms with Crippen molar-refractivity contribution in [2.45, 2.75) is 64.1 Å². The topological polar surface area (TPSA) is 82.7 Å². The molecule has 0 aliphatic carbocycles. The van der Waals surface area contributed by atoms with Crippen LogP contribution in [0.15, 0.2) is 60.8 Å². The molecule has 0 saturated heterocycles. The quantitative estimate of drug-likeness (QED) is 0.530. The molecular weight excluding hydrogens is 410 g/mol. The number of hydrogen-bond donors (Lipinski definition) is 2. The van der Waals surface area contributed by atoms with Crippen molar-refractivity contribution in [3.8, 4) is 6.07 Å². The van der Waals surface area contributed by atoms with Gasteiger partial charge in [-0.1, -0.05) is 56.3 Å². The fourth-order valence-electron chi connectivity index (χ4n) is 4.86. The van der Waals surface area contributed by atoms with Gasteiger partial charge < -0.3 is 10.6 Å². The Bertz CT molecular complexity index is 1170. The molecule has 0 bridgehead atoms. The molecule has 2 aromatic carbocycles. The number of aromatic nitrogens is 2. The molecule has 1 aliphatic rings. The van der Waals surface area contributed by atoms with Gasteiger partial charge in [-0.15, -0.1) is 0 Å². The van der Waals surface area contributed by atoms with Crippen LogP contribution in [0, 0.1) is 11.3 Å². The minimum absolute atomic E-state index is 0.0950. The lowest BCUT2D eigenvalue weighted by Gasteiger charge is -2.38. The zero-order valence-electron chi connectivity index (χ0n) is 19.7. The predicted molar refractivity (Wildman–Crippen MR) is 130 cm³/mol. The summed E-state index contributed by atoms with van der Waals surface area (Å²) in [5.41, 5.74) is 2.58. The van der Waals surface area contributed by atoms with Crippen LogP contribution in [0.2, 0.25) is 0 Å². The summed E-state index contributed by atoms with van der Waals surface area (Å²) < 4.78 is 1.93. The third-order valence-electron chi connectivity index (χ3n) is 6.93. The van der Waals surface area contributed by atoms with Gasteiger partial charge in [0.05, 0.1) is 34.9 Å². The summed E-state index contributed by atoms with van der Waals surface area (Å²) >= 11 is 0. The highest BCUT2D eigenvalue weighted by molar-refractivity contribution is 5.99. The van der Waals surface area contributed by atoms with Crippen molar-refractivity contribution in [1.29, 1.82) is 5.26 Å². The van der Waals surface area contributed by atoms with Gasteiger partial charge in [0.1, 0.15) is 11.4 Å². The second-order valence-corrected chi connectivity index (χ2v) is 9.38. The second-order valence-electron chi connectivity index (χ2n) is 9.38. The third kappa shape index (κ3) is 4.11. The van der Waals surface area contributed by atoms with Crippen molar-refractivity contribution < 1.29 is 4.79 Å². The molecule has 1 atom stereocenters. The van der Waals surface area contributed by atoms with Crippen LogP contribution >= 0.6 is 0 Å². The van der Waals surface area contributed by atoms with E-state index >= 15 is 0 Å². The molecule has 0 radical (unpaired) electrons. The number of nitriles is 1. The molecule has 2 heterocycles. The fourth-order valence-corrected chi connectivity index (χ4v) is 4.86. The number of hydrogen-bond acceptors (Lipinski definition) is 4. The van der Waals surface area contributed by atoms with E-state index in [4.69, 9.17) is 5.26 Å². The van der Waals surface area contributed by atoms with Gasteiger partial charge in [-0.25, -0.2) is 4.68 Å². The van der Waals surface area contributed by atoms with Gasteiger partial charge in [-0.2, -0.15) is 10.4 Å². The highest BCUT2D eigenvalue weighted by atomic mass is 16.1. The minimum Gasteiger partial charge on any atom is -0.363 e. The third-order valence-corrected chi connectivity index (χ3v) is 6.93. The number of carbonyl (C=O) groups is 1. The summed E-state index contributed by atoms with van der Waals surface area (Å²) in [4.78, 5) is 13.6. The maximum atomic E-state index is 13.6. The first-order valence-corrected chi connectivity index (χ1v) is 11.6. The van der Waals surface area contributed by atoms with Crippen molar-refractivity contribution in [2.75, 3.05) is 5.32 Å². The summed E-state index contributed by atoms with van der Waals surface area (Å²) in [7, 11) is 0. The largest absolute Gasteiger partial charge is 0.363 e. The van der Waals surface area contributed by atoms with Crippen LogP contribution in [0.4, 0.5) is 5.82 Å². The Morgan fingerprint density at radius 3 is 2.45 bits per heavy atom. The first-order chi connectivity index (χ1) is 15.8. The van der Waals surface area contributed by atoms with E-state index in [1.165, 1.54) is 5.56 Å². The lowest BCUT2D eigenvalue weighted by molar-refractivity contribution is 0.0890. The van der Waals surface area contributed by atoms with Crippen molar-refractivity contribution in [3.63, 3.8) is 0 Å². The molecule has 1 amide bonds. The zero-order chi connectivity index (χ0) is 23.6.